The molecule has 0 bridgehead atoms. The molecule has 21 heavy (non-hydrogen) atoms. The number of methoxy groups -OCH3 is 1. The highest BCUT2D eigenvalue weighted by molar-refractivity contribution is 5.55. The van der Waals surface area contributed by atoms with E-state index in [1.54, 1.807) is 13.2 Å². The highest BCUT2D eigenvalue weighted by atomic mass is 19.1. The van der Waals surface area contributed by atoms with Crippen molar-refractivity contribution in [3.05, 3.63) is 29.6 Å². The van der Waals surface area contributed by atoms with Crippen LogP contribution in [-0.2, 0) is 11.3 Å². The maximum absolute atomic E-state index is 14.2. The first-order chi connectivity index (χ1) is 10.0. The molecule has 0 saturated heterocycles. The largest absolute Gasteiger partial charge is 0.383 e. The van der Waals surface area contributed by atoms with E-state index in [0.717, 1.165) is 24.3 Å². The van der Waals surface area contributed by atoms with Crippen molar-refractivity contribution in [3.63, 3.8) is 0 Å². The fourth-order valence-electron chi connectivity index (χ4n) is 2.53. The SMILES string of the molecule is CCN(c1cccc(F)c1CNCC(C)C)C(C)COC. The van der Waals surface area contributed by atoms with Gasteiger partial charge in [-0.3, -0.25) is 0 Å². The summed E-state index contributed by atoms with van der Waals surface area (Å²) in [4.78, 5) is 2.19. The molecule has 1 unspecified atom stereocenters. The lowest BCUT2D eigenvalue weighted by Gasteiger charge is -2.32. The minimum absolute atomic E-state index is 0.146. The average molecular weight is 296 g/mol. The Labute approximate surface area is 128 Å². The highest BCUT2D eigenvalue weighted by Crippen LogP contribution is 2.25. The summed E-state index contributed by atoms with van der Waals surface area (Å²) < 4.78 is 19.5. The molecule has 120 valence electrons. The second kappa shape index (κ2) is 9.00. The Hall–Kier alpha value is -1.13. The molecule has 1 atom stereocenters. The predicted molar refractivity (Wildman–Crippen MR) is 87.3 cm³/mol. The number of nitrogens with one attached hydrogen (secondary N) is 1. The molecule has 0 heterocycles. The van der Waals surface area contributed by atoms with E-state index in [2.05, 4.69) is 37.9 Å². The number of rotatable bonds is 9. The molecule has 0 aliphatic carbocycles. The van der Waals surface area contributed by atoms with E-state index in [4.69, 9.17) is 4.74 Å². The standard InChI is InChI=1S/C17H29FN2O/c1-6-20(14(4)12-21-5)17-9-7-8-16(18)15(17)11-19-10-13(2)3/h7-9,13-14,19H,6,10-12H2,1-5H3. The van der Waals surface area contributed by atoms with Gasteiger partial charge in [0.25, 0.3) is 0 Å². The van der Waals surface area contributed by atoms with Crippen LogP contribution >= 0.6 is 0 Å². The van der Waals surface area contributed by atoms with Crippen LogP contribution in [0.3, 0.4) is 0 Å². The Balaban J connectivity index is 2.96. The van der Waals surface area contributed by atoms with Crippen molar-refractivity contribution in [2.45, 2.75) is 40.3 Å². The van der Waals surface area contributed by atoms with E-state index in [0.29, 0.717) is 19.1 Å². The summed E-state index contributed by atoms with van der Waals surface area (Å²) in [5, 5.41) is 3.33. The van der Waals surface area contributed by atoms with Gasteiger partial charge < -0.3 is 15.0 Å². The van der Waals surface area contributed by atoms with Crippen LogP contribution in [0.15, 0.2) is 18.2 Å². The van der Waals surface area contributed by atoms with Gasteiger partial charge in [0.2, 0.25) is 0 Å². The molecule has 0 aliphatic rings. The van der Waals surface area contributed by atoms with Crippen LogP contribution in [0.4, 0.5) is 10.1 Å². The first kappa shape index (κ1) is 17.9. The zero-order chi connectivity index (χ0) is 15.8. The van der Waals surface area contributed by atoms with Gasteiger partial charge in [-0.05, 0) is 38.4 Å². The van der Waals surface area contributed by atoms with Crippen LogP contribution in [0, 0.1) is 11.7 Å². The number of hydrogen-bond acceptors (Lipinski definition) is 3. The maximum Gasteiger partial charge on any atom is 0.129 e. The number of benzene rings is 1. The molecule has 3 nitrogen and oxygen atoms in total. The van der Waals surface area contributed by atoms with E-state index in [-0.39, 0.29) is 11.9 Å². The minimum Gasteiger partial charge on any atom is -0.383 e. The van der Waals surface area contributed by atoms with Crippen molar-refractivity contribution in [2.75, 3.05) is 31.7 Å². The lowest BCUT2D eigenvalue weighted by Crippen LogP contribution is -2.37. The molecule has 0 radical (unpaired) electrons. The second-order valence-electron chi connectivity index (χ2n) is 5.85. The first-order valence-electron chi connectivity index (χ1n) is 7.74. The lowest BCUT2D eigenvalue weighted by molar-refractivity contribution is 0.182. The van der Waals surface area contributed by atoms with Crippen molar-refractivity contribution in [1.82, 2.24) is 5.32 Å². The van der Waals surface area contributed by atoms with E-state index in [9.17, 15) is 4.39 Å². The lowest BCUT2D eigenvalue weighted by atomic mass is 10.1. The molecule has 1 N–H and O–H groups in total. The van der Waals surface area contributed by atoms with Gasteiger partial charge in [0, 0.05) is 37.5 Å². The van der Waals surface area contributed by atoms with Crippen molar-refractivity contribution < 1.29 is 9.13 Å². The zero-order valence-electron chi connectivity index (χ0n) is 13.9. The highest BCUT2D eigenvalue weighted by Gasteiger charge is 2.18. The first-order valence-corrected chi connectivity index (χ1v) is 7.74. The van der Waals surface area contributed by atoms with Crippen molar-refractivity contribution >= 4 is 5.69 Å². The van der Waals surface area contributed by atoms with Gasteiger partial charge in [0.05, 0.1) is 6.61 Å². The number of nitrogens with zero attached hydrogens (tertiary/aromatic N) is 1. The summed E-state index contributed by atoms with van der Waals surface area (Å²) in [7, 11) is 1.70. The van der Waals surface area contributed by atoms with E-state index < -0.39 is 0 Å². The van der Waals surface area contributed by atoms with Crippen LogP contribution in [-0.4, -0.2) is 32.8 Å². The van der Waals surface area contributed by atoms with Crippen LogP contribution in [0.5, 0.6) is 0 Å². The van der Waals surface area contributed by atoms with Gasteiger partial charge in [-0.25, -0.2) is 4.39 Å². The Morgan fingerprint density at radius 2 is 2.00 bits per heavy atom. The van der Waals surface area contributed by atoms with Gasteiger partial charge >= 0.3 is 0 Å². The Bertz CT molecular complexity index is 423. The second-order valence-corrected chi connectivity index (χ2v) is 5.85. The summed E-state index contributed by atoms with van der Waals surface area (Å²) in [5.41, 5.74) is 1.70. The van der Waals surface area contributed by atoms with E-state index in [1.165, 1.54) is 6.07 Å². The molecule has 0 aromatic heterocycles. The van der Waals surface area contributed by atoms with Crippen molar-refractivity contribution in [3.8, 4) is 0 Å². The molecule has 0 aliphatic heterocycles. The fourth-order valence-corrected chi connectivity index (χ4v) is 2.53. The third-order valence-electron chi connectivity index (χ3n) is 3.54. The van der Waals surface area contributed by atoms with E-state index >= 15 is 0 Å². The van der Waals surface area contributed by atoms with Gasteiger partial charge in [0.15, 0.2) is 0 Å². The summed E-state index contributed by atoms with van der Waals surface area (Å²) in [5.74, 6) is 0.404. The minimum atomic E-state index is -0.146. The van der Waals surface area contributed by atoms with Gasteiger partial charge in [0.1, 0.15) is 5.82 Å². The van der Waals surface area contributed by atoms with Crippen LogP contribution in [0.25, 0.3) is 0 Å². The van der Waals surface area contributed by atoms with Crippen molar-refractivity contribution in [2.24, 2.45) is 5.92 Å². The van der Waals surface area contributed by atoms with Crippen LogP contribution in [0.1, 0.15) is 33.3 Å². The van der Waals surface area contributed by atoms with Crippen molar-refractivity contribution in [1.29, 1.82) is 0 Å². The molecular formula is C17H29FN2O. The molecule has 1 aromatic rings. The maximum atomic E-state index is 14.2. The monoisotopic (exact) mass is 296 g/mol. The molecule has 1 rings (SSSR count). The van der Waals surface area contributed by atoms with E-state index in [1.807, 2.05) is 6.07 Å². The van der Waals surface area contributed by atoms with Crippen LogP contribution in [0.2, 0.25) is 0 Å². The molecule has 0 saturated carbocycles. The Morgan fingerprint density at radius 3 is 2.57 bits per heavy atom. The predicted octanol–water partition coefficient (Wildman–Crippen LogP) is 3.43. The summed E-state index contributed by atoms with van der Waals surface area (Å²) in [6.45, 7) is 11.4. The zero-order valence-corrected chi connectivity index (χ0v) is 13.9. The third kappa shape index (κ3) is 5.29. The molecule has 1 aromatic carbocycles. The normalized spacial score (nSPS) is 12.7. The number of hydrogen-bond donors (Lipinski definition) is 1. The van der Waals surface area contributed by atoms with Gasteiger partial charge in [-0.15, -0.1) is 0 Å². The molecule has 4 heteroatoms. The Morgan fingerprint density at radius 1 is 1.29 bits per heavy atom. The van der Waals surface area contributed by atoms with Gasteiger partial charge in [-0.2, -0.15) is 0 Å². The smallest absolute Gasteiger partial charge is 0.129 e. The molecule has 0 spiro atoms. The molecule has 0 fully saturated rings. The topological polar surface area (TPSA) is 24.5 Å². The number of anilines is 1. The summed E-state index contributed by atoms with van der Waals surface area (Å²) in [6, 6.07) is 5.51. The number of likely N-dealkylation sites (N-methyl/N-ethyl adjacent to an activating group) is 1. The number of halogens is 1. The molecular weight excluding hydrogens is 267 g/mol. The van der Waals surface area contributed by atoms with Crippen LogP contribution < -0.4 is 10.2 Å². The fraction of sp³-hybridized carbons (Fsp3) is 0.647. The quantitative estimate of drug-likeness (QED) is 0.755. The third-order valence-corrected chi connectivity index (χ3v) is 3.54. The Kier molecular flexibility index (Phi) is 7.68. The number of ether oxygens (including phenoxy) is 1. The molecule has 0 amide bonds. The summed E-state index contributed by atoms with van der Waals surface area (Å²) in [6.07, 6.45) is 0. The van der Waals surface area contributed by atoms with Gasteiger partial charge in [-0.1, -0.05) is 19.9 Å². The summed E-state index contributed by atoms with van der Waals surface area (Å²) >= 11 is 0. The average Bonchev–Trinajstić information content (AvgIpc) is 2.42.